The summed E-state index contributed by atoms with van der Waals surface area (Å²) in [6.45, 7) is 12.6. The Bertz CT molecular complexity index is 132. The third-order valence-electron chi connectivity index (χ3n) is 2.51. The molecule has 90 valence electrons. The molecule has 0 bridgehead atoms. The SMILES string of the molecule is CCCCB(CCCC)OCC(C)(C)C. The van der Waals surface area contributed by atoms with Gasteiger partial charge in [-0.1, -0.05) is 60.3 Å². The van der Waals surface area contributed by atoms with Crippen molar-refractivity contribution in [2.24, 2.45) is 5.41 Å². The third-order valence-corrected chi connectivity index (χ3v) is 2.51. The first-order valence-corrected chi connectivity index (χ1v) is 6.61. The maximum absolute atomic E-state index is 6.01. The molecule has 0 spiro atoms. The fourth-order valence-electron chi connectivity index (χ4n) is 1.54. The standard InChI is InChI=1S/C13H29BO/c1-6-8-10-14(11-9-7-2)15-12-13(3,4)5/h6-12H2,1-5H3. The minimum atomic E-state index is 0.302. The van der Waals surface area contributed by atoms with Crippen molar-refractivity contribution in [2.45, 2.75) is 72.9 Å². The van der Waals surface area contributed by atoms with E-state index in [0.29, 0.717) is 12.3 Å². The largest absolute Gasteiger partial charge is 0.435 e. The highest BCUT2D eigenvalue weighted by Gasteiger charge is 2.18. The fourth-order valence-corrected chi connectivity index (χ4v) is 1.54. The van der Waals surface area contributed by atoms with Crippen LogP contribution in [0.2, 0.25) is 12.6 Å². The highest BCUT2D eigenvalue weighted by Crippen LogP contribution is 2.17. The molecule has 15 heavy (non-hydrogen) atoms. The van der Waals surface area contributed by atoms with Crippen LogP contribution in [0.5, 0.6) is 0 Å². The highest BCUT2D eigenvalue weighted by atomic mass is 16.4. The second kappa shape index (κ2) is 8.21. The summed E-state index contributed by atoms with van der Waals surface area (Å²) in [5.41, 5.74) is 0.302. The first-order chi connectivity index (χ1) is 6.99. The van der Waals surface area contributed by atoms with Crippen molar-refractivity contribution in [1.82, 2.24) is 0 Å². The van der Waals surface area contributed by atoms with Crippen molar-refractivity contribution in [1.29, 1.82) is 0 Å². The molecule has 0 amide bonds. The molecular formula is C13H29BO. The fraction of sp³-hybridized carbons (Fsp3) is 1.00. The van der Waals surface area contributed by atoms with E-state index in [-0.39, 0.29) is 0 Å². The lowest BCUT2D eigenvalue weighted by Crippen LogP contribution is -2.24. The molecule has 0 aromatic carbocycles. The Morgan fingerprint density at radius 1 is 0.933 bits per heavy atom. The Morgan fingerprint density at radius 3 is 1.73 bits per heavy atom. The summed E-state index contributed by atoms with van der Waals surface area (Å²) < 4.78 is 6.01. The molecule has 0 aromatic heterocycles. The van der Waals surface area contributed by atoms with Gasteiger partial charge in [0, 0.05) is 6.61 Å². The molecule has 0 heterocycles. The second-order valence-electron chi connectivity index (χ2n) is 5.78. The van der Waals surface area contributed by atoms with Crippen LogP contribution in [0.25, 0.3) is 0 Å². The van der Waals surface area contributed by atoms with Crippen LogP contribution < -0.4 is 0 Å². The summed E-state index contributed by atoms with van der Waals surface area (Å²) in [5.74, 6) is 0. The summed E-state index contributed by atoms with van der Waals surface area (Å²) in [4.78, 5) is 0. The van der Waals surface area contributed by atoms with E-state index in [4.69, 9.17) is 4.65 Å². The topological polar surface area (TPSA) is 9.23 Å². The quantitative estimate of drug-likeness (QED) is 0.532. The molecule has 0 aliphatic carbocycles. The average Bonchev–Trinajstić information content (AvgIpc) is 2.15. The van der Waals surface area contributed by atoms with Crippen molar-refractivity contribution in [2.75, 3.05) is 6.61 Å². The molecule has 0 aromatic rings. The van der Waals surface area contributed by atoms with Gasteiger partial charge in [-0.25, -0.2) is 0 Å². The lowest BCUT2D eigenvalue weighted by Gasteiger charge is -2.22. The van der Waals surface area contributed by atoms with Gasteiger partial charge >= 0.3 is 0 Å². The lowest BCUT2D eigenvalue weighted by molar-refractivity contribution is 0.195. The second-order valence-corrected chi connectivity index (χ2v) is 5.78. The maximum atomic E-state index is 6.01. The van der Waals surface area contributed by atoms with Crippen LogP contribution in [0, 0.1) is 5.41 Å². The predicted molar refractivity (Wildman–Crippen MR) is 70.6 cm³/mol. The summed E-state index contributed by atoms with van der Waals surface area (Å²) in [6.07, 6.45) is 7.65. The van der Waals surface area contributed by atoms with Gasteiger partial charge in [0.2, 0.25) is 0 Å². The van der Waals surface area contributed by atoms with Crippen LogP contribution in [0.15, 0.2) is 0 Å². The van der Waals surface area contributed by atoms with Gasteiger partial charge in [-0.2, -0.15) is 0 Å². The zero-order valence-electron chi connectivity index (χ0n) is 11.4. The molecule has 0 fully saturated rings. The molecule has 1 nitrogen and oxygen atoms in total. The summed E-state index contributed by atoms with van der Waals surface area (Å²) >= 11 is 0. The van der Waals surface area contributed by atoms with E-state index in [9.17, 15) is 0 Å². The van der Waals surface area contributed by atoms with Gasteiger partial charge in [0.1, 0.15) is 0 Å². The Balaban J connectivity index is 3.78. The van der Waals surface area contributed by atoms with E-state index >= 15 is 0 Å². The van der Waals surface area contributed by atoms with Crippen molar-refractivity contribution in [3.63, 3.8) is 0 Å². The molecular weight excluding hydrogens is 183 g/mol. The normalized spacial score (nSPS) is 11.8. The van der Waals surface area contributed by atoms with E-state index in [1.165, 1.54) is 38.3 Å². The Labute approximate surface area is 97.1 Å². The van der Waals surface area contributed by atoms with Crippen molar-refractivity contribution < 1.29 is 4.65 Å². The van der Waals surface area contributed by atoms with Gasteiger partial charge in [0.25, 0.3) is 6.92 Å². The van der Waals surface area contributed by atoms with E-state index in [2.05, 4.69) is 34.6 Å². The van der Waals surface area contributed by atoms with Crippen molar-refractivity contribution in [3.8, 4) is 0 Å². The molecule has 0 unspecified atom stereocenters. The molecule has 0 atom stereocenters. The van der Waals surface area contributed by atoms with Crippen molar-refractivity contribution >= 4 is 6.92 Å². The Morgan fingerprint density at radius 2 is 1.40 bits per heavy atom. The van der Waals surface area contributed by atoms with Gasteiger partial charge in [0.05, 0.1) is 0 Å². The first kappa shape index (κ1) is 15.0. The smallest absolute Gasteiger partial charge is 0.293 e. The summed E-state index contributed by atoms with van der Waals surface area (Å²) in [6, 6.07) is 0. The van der Waals surface area contributed by atoms with E-state index in [0.717, 1.165) is 6.61 Å². The number of unbranched alkanes of at least 4 members (excludes halogenated alkanes) is 2. The van der Waals surface area contributed by atoms with E-state index < -0.39 is 0 Å². The van der Waals surface area contributed by atoms with Gasteiger partial charge in [-0.05, 0) is 18.1 Å². The number of rotatable bonds is 8. The van der Waals surface area contributed by atoms with Crippen molar-refractivity contribution in [3.05, 3.63) is 0 Å². The van der Waals surface area contributed by atoms with Crippen LogP contribution in [0.4, 0.5) is 0 Å². The third kappa shape index (κ3) is 10.3. The molecule has 0 aliphatic rings. The molecule has 0 N–H and O–H groups in total. The van der Waals surface area contributed by atoms with Crippen LogP contribution in [0.3, 0.4) is 0 Å². The Hall–Kier alpha value is 0.0249. The molecule has 2 heteroatoms. The zero-order valence-corrected chi connectivity index (χ0v) is 11.4. The molecule has 0 saturated carbocycles. The van der Waals surface area contributed by atoms with Crippen LogP contribution >= 0.6 is 0 Å². The Kier molecular flexibility index (Phi) is 8.22. The number of hydrogen-bond donors (Lipinski definition) is 0. The summed E-state index contributed by atoms with van der Waals surface area (Å²) in [7, 11) is 0. The van der Waals surface area contributed by atoms with E-state index in [1.54, 1.807) is 0 Å². The molecule has 0 saturated heterocycles. The van der Waals surface area contributed by atoms with E-state index in [1.807, 2.05) is 0 Å². The first-order valence-electron chi connectivity index (χ1n) is 6.61. The van der Waals surface area contributed by atoms with Gasteiger partial charge < -0.3 is 4.65 Å². The van der Waals surface area contributed by atoms with Gasteiger partial charge in [-0.15, -0.1) is 0 Å². The molecule has 0 aliphatic heterocycles. The highest BCUT2D eigenvalue weighted by molar-refractivity contribution is 6.51. The van der Waals surface area contributed by atoms with Crippen LogP contribution in [0.1, 0.15) is 60.3 Å². The summed E-state index contributed by atoms with van der Waals surface area (Å²) in [5, 5.41) is 0. The average molecular weight is 212 g/mol. The van der Waals surface area contributed by atoms with Crippen LogP contribution in [-0.2, 0) is 4.65 Å². The lowest BCUT2D eigenvalue weighted by atomic mass is 9.59. The number of hydrogen-bond acceptors (Lipinski definition) is 1. The van der Waals surface area contributed by atoms with Gasteiger partial charge in [-0.3, -0.25) is 0 Å². The maximum Gasteiger partial charge on any atom is 0.293 e. The zero-order chi connectivity index (χ0) is 11.7. The minimum absolute atomic E-state index is 0.302. The molecule has 0 radical (unpaired) electrons. The van der Waals surface area contributed by atoms with Crippen LogP contribution in [-0.4, -0.2) is 13.5 Å². The molecule has 0 rings (SSSR count). The minimum Gasteiger partial charge on any atom is -0.435 e. The van der Waals surface area contributed by atoms with Gasteiger partial charge in [0.15, 0.2) is 0 Å². The predicted octanol–water partition coefficient (Wildman–Crippen LogP) is 4.64. The monoisotopic (exact) mass is 212 g/mol.